The van der Waals surface area contributed by atoms with Crippen LogP contribution in [0.1, 0.15) is 12.8 Å². The number of hydrogen-bond donors (Lipinski definition) is 1. The van der Waals surface area contributed by atoms with Crippen molar-refractivity contribution < 1.29 is 13.2 Å². The van der Waals surface area contributed by atoms with Crippen LogP contribution in [0.15, 0.2) is 21.6 Å². The predicted molar refractivity (Wildman–Crippen MR) is 77.9 cm³/mol. The molecule has 20 heavy (non-hydrogen) atoms. The van der Waals surface area contributed by atoms with Crippen molar-refractivity contribution >= 4 is 43.5 Å². The Labute approximate surface area is 130 Å². The van der Waals surface area contributed by atoms with E-state index in [1.807, 2.05) is 0 Å². The number of carbonyl (C=O) groups is 1. The lowest BCUT2D eigenvalue weighted by molar-refractivity contribution is -0.132. The smallest absolute Gasteiger partial charge is 0.243 e. The van der Waals surface area contributed by atoms with Crippen LogP contribution in [0.4, 0.5) is 0 Å². The third-order valence-electron chi connectivity index (χ3n) is 3.01. The molecular formula is C11H13BrClN3O3S. The van der Waals surface area contributed by atoms with Crippen molar-refractivity contribution in [2.24, 2.45) is 0 Å². The van der Waals surface area contributed by atoms with Gasteiger partial charge in [0.25, 0.3) is 0 Å². The summed E-state index contributed by atoms with van der Waals surface area (Å²) in [6.45, 7) is 0.344. The number of likely N-dealkylation sites (N-methyl/N-ethyl adjacent to an activating group) is 1. The first-order valence-corrected chi connectivity index (χ1v) is 8.52. The number of hydrogen-bond acceptors (Lipinski definition) is 4. The zero-order valence-corrected chi connectivity index (χ0v) is 13.8. The minimum atomic E-state index is -3.77. The minimum absolute atomic E-state index is 0.0163. The van der Waals surface area contributed by atoms with E-state index in [9.17, 15) is 13.2 Å². The third kappa shape index (κ3) is 3.49. The van der Waals surface area contributed by atoms with Crippen molar-refractivity contribution in [3.05, 3.63) is 21.9 Å². The summed E-state index contributed by atoms with van der Waals surface area (Å²) < 4.78 is 27.7. The zero-order valence-electron chi connectivity index (χ0n) is 10.6. The average molecular weight is 383 g/mol. The molecular weight excluding hydrogens is 370 g/mol. The maximum atomic E-state index is 12.3. The molecule has 2 heterocycles. The van der Waals surface area contributed by atoms with Crippen LogP contribution in [0.3, 0.4) is 0 Å². The Morgan fingerprint density at radius 2 is 2.25 bits per heavy atom. The van der Waals surface area contributed by atoms with E-state index < -0.39 is 10.0 Å². The first-order valence-electron chi connectivity index (χ1n) is 5.87. The Bertz CT molecular complexity index is 638. The fraction of sp³-hybridized carbons (Fsp3) is 0.455. The molecule has 1 aromatic heterocycles. The summed E-state index contributed by atoms with van der Waals surface area (Å²) in [7, 11) is -2.12. The maximum Gasteiger partial charge on any atom is 0.243 e. The Balaban J connectivity index is 2.19. The van der Waals surface area contributed by atoms with Gasteiger partial charge in [0.1, 0.15) is 10.0 Å². The van der Waals surface area contributed by atoms with Gasteiger partial charge in [-0.1, -0.05) is 11.6 Å². The number of nitrogens with one attached hydrogen (secondary N) is 1. The predicted octanol–water partition coefficient (Wildman–Crippen LogP) is 1.40. The molecule has 9 heteroatoms. The Kier molecular flexibility index (Phi) is 4.68. The molecule has 0 spiro atoms. The van der Waals surface area contributed by atoms with E-state index in [0.717, 1.165) is 0 Å². The normalized spacial score (nSPS) is 20.2. The summed E-state index contributed by atoms with van der Waals surface area (Å²) in [6, 6.07) is 1.08. The van der Waals surface area contributed by atoms with Gasteiger partial charge in [-0.25, -0.2) is 18.1 Å². The van der Waals surface area contributed by atoms with E-state index in [-0.39, 0.29) is 22.0 Å². The second-order valence-electron chi connectivity index (χ2n) is 4.57. The molecule has 1 fully saturated rings. The lowest BCUT2D eigenvalue weighted by atomic mass is 10.1. The molecule has 1 aliphatic heterocycles. The second-order valence-corrected chi connectivity index (χ2v) is 7.53. The number of likely N-dealkylation sites (tertiary alicyclic amines) is 1. The van der Waals surface area contributed by atoms with Crippen LogP contribution in [0.5, 0.6) is 0 Å². The van der Waals surface area contributed by atoms with Gasteiger partial charge >= 0.3 is 0 Å². The number of nitrogens with zero attached hydrogens (tertiary/aromatic N) is 2. The largest absolute Gasteiger partial charge is 0.344 e. The zero-order chi connectivity index (χ0) is 14.9. The van der Waals surface area contributed by atoms with Crippen molar-refractivity contribution in [1.82, 2.24) is 14.6 Å². The van der Waals surface area contributed by atoms with Crippen molar-refractivity contribution in [2.75, 3.05) is 13.6 Å². The van der Waals surface area contributed by atoms with Gasteiger partial charge in [0.15, 0.2) is 0 Å². The van der Waals surface area contributed by atoms with E-state index in [0.29, 0.717) is 23.9 Å². The number of pyridine rings is 1. The third-order valence-corrected chi connectivity index (χ3v) is 5.39. The van der Waals surface area contributed by atoms with Crippen LogP contribution in [-0.4, -0.2) is 43.8 Å². The van der Waals surface area contributed by atoms with Gasteiger partial charge in [0.05, 0.1) is 0 Å². The highest BCUT2D eigenvalue weighted by Gasteiger charge is 2.28. The number of carbonyl (C=O) groups excluding carboxylic acids is 1. The highest BCUT2D eigenvalue weighted by atomic mass is 79.9. The van der Waals surface area contributed by atoms with Crippen LogP contribution in [0.25, 0.3) is 0 Å². The minimum Gasteiger partial charge on any atom is -0.344 e. The Morgan fingerprint density at radius 3 is 2.90 bits per heavy atom. The molecule has 0 aromatic carbocycles. The molecule has 0 radical (unpaired) electrons. The van der Waals surface area contributed by atoms with E-state index >= 15 is 0 Å². The average Bonchev–Trinajstić information content (AvgIpc) is 2.36. The van der Waals surface area contributed by atoms with Crippen molar-refractivity contribution in [1.29, 1.82) is 0 Å². The highest BCUT2D eigenvalue weighted by Crippen LogP contribution is 2.23. The molecule has 1 aromatic rings. The molecule has 6 nitrogen and oxygen atoms in total. The molecule has 1 N–H and O–H groups in total. The topological polar surface area (TPSA) is 79.4 Å². The van der Waals surface area contributed by atoms with Gasteiger partial charge in [0, 0.05) is 36.7 Å². The second kappa shape index (κ2) is 5.97. The molecule has 1 amide bonds. The van der Waals surface area contributed by atoms with Crippen LogP contribution >= 0.6 is 27.5 Å². The summed E-state index contributed by atoms with van der Waals surface area (Å²) in [5.41, 5.74) is 0. The van der Waals surface area contributed by atoms with Crippen molar-refractivity contribution in [3.63, 3.8) is 0 Å². The lowest BCUT2D eigenvalue weighted by Gasteiger charge is -2.29. The number of amides is 1. The van der Waals surface area contributed by atoms with E-state index in [4.69, 9.17) is 11.6 Å². The van der Waals surface area contributed by atoms with Gasteiger partial charge in [-0.15, -0.1) is 0 Å². The van der Waals surface area contributed by atoms with Crippen LogP contribution < -0.4 is 4.72 Å². The SMILES string of the molecule is CN1CC(NS(=O)(=O)c2cc(Br)cnc2Cl)CCC1=O. The quantitative estimate of drug-likeness (QED) is 0.801. The number of piperidine rings is 1. The first kappa shape index (κ1) is 15.7. The lowest BCUT2D eigenvalue weighted by Crippen LogP contribution is -2.48. The van der Waals surface area contributed by atoms with E-state index in [1.165, 1.54) is 17.2 Å². The molecule has 0 saturated carbocycles. The Hall–Kier alpha value is -0.700. The molecule has 1 aliphatic rings. The summed E-state index contributed by atoms with van der Waals surface area (Å²) in [5, 5.41) is -0.0825. The summed E-state index contributed by atoms with van der Waals surface area (Å²) in [5.74, 6) is 0.0163. The monoisotopic (exact) mass is 381 g/mol. The van der Waals surface area contributed by atoms with E-state index in [2.05, 4.69) is 25.6 Å². The summed E-state index contributed by atoms with van der Waals surface area (Å²) >= 11 is 9.00. The standard InChI is InChI=1S/C11H13BrClN3O3S/c1-16-6-8(2-3-10(16)17)15-20(18,19)9-4-7(12)5-14-11(9)13/h4-5,8,15H,2-3,6H2,1H3. The number of halogens is 2. The number of aromatic nitrogens is 1. The van der Waals surface area contributed by atoms with Crippen LogP contribution in [0.2, 0.25) is 5.15 Å². The summed E-state index contributed by atoms with van der Waals surface area (Å²) in [4.78, 5) is 16.6. The van der Waals surface area contributed by atoms with Gasteiger partial charge in [-0.3, -0.25) is 4.79 Å². The molecule has 2 rings (SSSR count). The fourth-order valence-electron chi connectivity index (χ4n) is 1.98. The van der Waals surface area contributed by atoms with E-state index in [1.54, 1.807) is 7.05 Å². The molecule has 0 bridgehead atoms. The highest BCUT2D eigenvalue weighted by molar-refractivity contribution is 9.10. The summed E-state index contributed by atoms with van der Waals surface area (Å²) in [6.07, 6.45) is 2.23. The van der Waals surface area contributed by atoms with Gasteiger partial charge in [0.2, 0.25) is 15.9 Å². The van der Waals surface area contributed by atoms with Crippen molar-refractivity contribution in [3.8, 4) is 0 Å². The Morgan fingerprint density at radius 1 is 1.55 bits per heavy atom. The number of sulfonamides is 1. The maximum absolute atomic E-state index is 12.3. The number of rotatable bonds is 3. The van der Waals surface area contributed by atoms with Gasteiger partial charge < -0.3 is 4.90 Å². The molecule has 1 unspecified atom stereocenters. The van der Waals surface area contributed by atoms with Gasteiger partial charge in [-0.2, -0.15) is 0 Å². The molecule has 1 saturated heterocycles. The molecule has 110 valence electrons. The van der Waals surface area contributed by atoms with Crippen molar-refractivity contribution in [2.45, 2.75) is 23.8 Å². The van der Waals surface area contributed by atoms with Crippen LogP contribution in [-0.2, 0) is 14.8 Å². The molecule has 0 aliphatic carbocycles. The fourth-order valence-corrected chi connectivity index (χ4v) is 4.19. The first-order chi connectivity index (χ1) is 9.29. The molecule has 1 atom stereocenters. The van der Waals surface area contributed by atoms with Gasteiger partial charge in [-0.05, 0) is 28.4 Å². The van der Waals surface area contributed by atoms with Crippen LogP contribution in [0, 0.1) is 0 Å².